The van der Waals surface area contributed by atoms with E-state index in [1.165, 1.54) is 24.3 Å². The number of carbonyl (C=O) groups is 2. The number of thioether (sulfide) groups is 1. The maximum atomic E-state index is 12.2. The summed E-state index contributed by atoms with van der Waals surface area (Å²) in [6, 6.07) is 5.80. The quantitative estimate of drug-likeness (QED) is 0.654. The lowest BCUT2D eigenvalue weighted by molar-refractivity contribution is -0.140. The Labute approximate surface area is 133 Å². The number of thiocarbonyl (C=S) groups is 1. The highest BCUT2D eigenvalue weighted by Crippen LogP contribution is 2.32. The second kappa shape index (κ2) is 6.84. The number of carbonyl (C=O) groups excluding carboxylic acids is 1. The zero-order chi connectivity index (χ0) is 16.3. The number of ether oxygens (including phenoxy) is 1. The van der Waals surface area contributed by atoms with Crippen molar-refractivity contribution >= 4 is 46.3 Å². The van der Waals surface area contributed by atoms with Gasteiger partial charge in [-0.25, -0.2) is 0 Å². The summed E-state index contributed by atoms with van der Waals surface area (Å²) in [5.41, 5.74) is 0.467. The number of carboxylic acids is 1. The Kier molecular flexibility index (Phi) is 5.09. The van der Waals surface area contributed by atoms with Gasteiger partial charge in [0, 0.05) is 0 Å². The number of alkyl halides is 2. The van der Waals surface area contributed by atoms with E-state index in [1.54, 1.807) is 6.07 Å². The Bertz CT molecular complexity index is 663. The van der Waals surface area contributed by atoms with E-state index in [-0.39, 0.29) is 15.0 Å². The molecule has 22 heavy (non-hydrogen) atoms. The van der Waals surface area contributed by atoms with Gasteiger partial charge in [-0.2, -0.15) is 8.78 Å². The van der Waals surface area contributed by atoms with E-state index in [1.807, 2.05) is 0 Å². The molecule has 0 bridgehead atoms. The van der Waals surface area contributed by atoms with Crippen LogP contribution in [-0.2, 0) is 9.59 Å². The fraction of sp³-hybridized carbons (Fsp3) is 0.154. The van der Waals surface area contributed by atoms with Crippen molar-refractivity contribution in [2.75, 3.05) is 6.54 Å². The molecule has 1 aliphatic rings. The molecule has 1 aromatic carbocycles. The van der Waals surface area contributed by atoms with Gasteiger partial charge in [-0.1, -0.05) is 36.1 Å². The van der Waals surface area contributed by atoms with Gasteiger partial charge in [0.25, 0.3) is 5.91 Å². The minimum atomic E-state index is -2.94. The standard InChI is InChI=1S/C13H9F2NO4S2/c14-12(15)20-8-3-1-2-7(4-8)5-9-11(19)16(6-10(17)18)13(21)22-9/h1-5,12H,6H2,(H,17,18)/b9-5+. The number of benzene rings is 1. The zero-order valence-electron chi connectivity index (χ0n) is 10.9. The van der Waals surface area contributed by atoms with Crippen LogP contribution in [0.5, 0.6) is 5.75 Å². The van der Waals surface area contributed by atoms with Crippen molar-refractivity contribution in [1.29, 1.82) is 0 Å². The van der Waals surface area contributed by atoms with E-state index in [0.29, 0.717) is 5.56 Å². The third-order valence-electron chi connectivity index (χ3n) is 2.55. The summed E-state index contributed by atoms with van der Waals surface area (Å²) >= 11 is 5.91. The summed E-state index contributed by atoms with van der Waals surface area (Å²) in [5.74, 6) is -1.74. The maximum Gasteiger partial charge on any atom is 0.387 e. The Morgan fingerprint density at radius 3 is 2.86 bits per heavy atom. The van der Waals surface area contributed by atoms with Gasteiger partial charge in [-0.05, 0) is 23.8 Å². The molecule has 0 atom stereocenters. The van der Waals surface area contributed by atoms with E-state index in [9.17, 15) is 18.4 Å². The normalized spacial score (nSPS) is 16.7. The van der Waals surface area contributed by atoms with Gasteiger partial charge in [0.05, 0.1) is 4.91 Å². The van der Waals surface area contributed by atoms with Crippen molar-refractivity contribution in [3.63, 3.8) is 0 Å². The molecule has 1 amide bonds. The molecule has 1 heterocycles. The average Bonchev–Trinajstić information content (AvgIpc) is 2.66. The van der Waals surface area contributed by atoms with Crippen LogP contribution in [0.3, 0.4) is 0 Å². The summed E-state index contributed by atoms with van der Waals surface area (Å²) in [6.07, 6.45) is 1.44. The van der Waals surface area contributed by atoms with Crippen LogP contribution in [0.1, 0.15) is 5.56 Å². The highest BCUT2D eigenvalue weighted by molar-refractivity contribution is 8.26. The number of carboxylic acid groups (broad SMARTS) is 1. The second-order valence-electron chi connectivity index (χ2n) is 4.11. The van der Waals surface area contributed by atoms with Crippen LogP contribution >= 0.6 is 24.0 Å². The lowest BCUT2D eigenvalue weighted by Gasteiger charge is -2.10. The molecule has 0 aliphatic carbocycles. The summed E-state index contributed by atoms with van der Waals surface area (Å²) < 4.78 is 28.7. The monoisotopic (exact) mass is 345 g/mol. The highest BCUT2D eigenvalue weighted by Gasteiger charge is 2.33. The fourth-order valence-electron chi connectivity index (χ4n) is 1.70. The fourth-order valence-corrected chi connectivity index (χ4v) is 2.96. The van der Waals surface area contributed by atoms with Gasteiger partial charge in [0.2, 0.25) is 0 Å². The topological polar surface area (TPSA) is 66.8 Å². The number of nitrogens with zero attached hydrogens (tertiary/aromatic N) is 1. The van der Waals surface area contributed by atoms with Crippen LogP contribution in [0, 0.1) is 0 Å². The maximum absolute atomic E-state index is 12.2. The molecule has 0 aromatic heterocycles. The van der Waals surface area contributed by atoms with Crippen molar-refractivity contribution in [1.82, 2.24) is 4.90 Å². The molecule has 1 fully saturated rings. The van der Waals surface area contributed by atoms with Crippen LogP contribution in [-0.4, -0.2) is 39.4 Å². The number of aliphatic carboxylic acids is 1. The SMILES string of the molecule is O=C(O)CN1C(=O)/C(=C\c2cccc(OC(F)F)c2)SC1=S. The van der Waals surface area contributed by atoms with E-state index in [0.717, 1.165) is 16.7 Å². The summed E-state index contributed by atoms with van der Waals surface area (Å²) in [6.45, 7) is -3.46. The average molecular weight is 345 g/mol. The summed E-state index contributed by atoms with van der Waals surface area (Å²) in [5, 5.41) is 8.74. The van der Waals surface area contributed by atoms with Crippen molar-refractivity contribution in [3.8, 4) is 5.75 Å². The predicted molar refractivity (Wildman–Crippen MR) is 80.6 cm³/mol. The number of halogens is 2. The minimum Gasteiger partial charge on any atom is -0.480 e. The van der Waals surface area contributed by atoms with Gasteiger partial charge >= 0.3 is 12.6 Å². The number of hydrogen-bond donors (Lipinski definition) is 1. The van der Waals surface area contributed by atoms with E-state index in [2.05, 4.69) is 4.74 Å². The Balaban J connectivity index is 2.21. The third kappa shape index (κ3) is 4.01. The van der Waals surface area contributed by atoms with E-state index < -0.39 is 25.0 Å². The smallest absolute Gasteiger partial charge is 0.387 e. The summed E-state index contributed by atoms with van der Waals surface area (Å²) in [4.78, 5) is 23.9. The number of hydrogen-bond acceptors (Lipinski definition) is 5. The van der Waals surface area contributed by atoms with Gasteiger partial charge in [-0.3, -0.25) is 14.5 Å². The van der Waals surface area contributed by atoms with Crippen molar-refractivity contribution < 1.29 is 28.2 Å². The lowest BCUT2D eigenvalue weighted by atomic mass is 10.2. The van der Waals surface area contributed by atoms with Crippen LogP contribution < -0.4 is 4.74 Å². The van der Waals surface area contributed by atoms with E-state index in [4.69, 9.17) is 17.3 Å². The molecule has 1 aromatic rings. The molecule has 1 saturated heterocycles. The molecule has 2 rings (SSSR count). The number of rotatable bonds is 5. The molecule has 9 heteroatoms. The molecule has 116 valence electrons. The predicted octanol–water partition coefficient (Wildman–Crippen LogP) is 2.57. The molecule has 5 nitrogen and oxygen atoms in total. The van der Waals surface area contributed by atoms with Gasteiger partial charge in [0.15, 0.2) is 0 Å². The number of amides is 1. The zero-order valence-corrected chi connectivity index (χ0v) is 12.5. The first-order valence-electron chi connectivity index (χ1n) is 5.89. The molecule has 0 saturated carbocycles. The van der Waals surface area contributed by atoms with Crippen LogP contribution in [0.15, 0.2) is 29.2 Å². The molecular formula is C13H9F2NO4S2. The molecule has 1 N–H and O–H groups in total. The Morgan fingerprint density at radius 1 is 1.50 bits per heavy atom. The van der Waals surface area contributed by atoms with Crippen molar-refractivity contribution in [3.05, 3.63) is 34.7 Å². The van der Waals surface area contributed by atoms with Crippen LogP contribution in [0.4, 0.5) is 8.78 Å². The summed E-state index contributed by atoms with van der Waals surface area (Å²) in [7, 11) is 0. The van der Waals surface area contributed by atoms with Gasteiger partial charge in [-0.15, -0.1) is 0 Å². The molecule has 1 aliphatic heterocycles. The molecular weight excluding hydrogens is 336 g/mol. The van der Waals surface area contributed by atoms with Crippen LogP contribution in [0.25, 0.3) is 6.08 Å². The molecule has 0 spiro atoms. The first-order valence-corrected chi connectivity index (χ1v) is 7.11. The largest absolute Gasteiger partial charge is 0.480 e. The van der Waals surface area contributed by atoms with Crippen molar-refractivity contribution in [2.24, 2.45) is 0 Å². The first-order chi connectivity index (χ1) is 10.4. The molecule has 0 radical (unpaired) electrons. The molecule has 0 unspecified atom stereocenters. The van der Waals surface area contributed by atoms with Gasteiger partial charge < -0.3 is 9.84 Å². The second-order valence-corrected chi connectivity index (χ2v) is 5.79. The Hall–Kier alpha value is -2.00. The first kappa shape index (κ1) is 16.4. The highest BCUT2D eigenvalue weighted by atomic mass is 32.2. The van der Waals surface area contributed by atoms with Crippen LogP contribution in [0.2, 0.25) is 0 Å². The third-order valence-corrected chi connectivity index (χ3v) is 3.93. The van der Waals surface area contributed by atoms with Gasteiger partial charge in [0.1, 0.15) is 16.6 Å². The minimum absolute atomic E-state index is 0.0373. The Morgan fingerprint density at radius 2 is 2.23 bits per heavy atom. The van der Waals surface area contributed by atoms with Crippen molar-refractivity contribution in [2.45, 2.75) is 6.61 Å². The van der Waals surface area contributed by atoms with E-state index >= 15 is 0 Å². The lowest BCUT2D eigenvalue weighted by Crippen LogP contribution is -2.33.